The fraction of sp³-hybridized carbons (Fsp3) is 0.364. The molecule has 78 valence electrons. The van der Waals surface area contributed by atoms with Crippen molar-refractivity contribution in [1.29, 1.82) is 0 Å². The van der Waals surface area contributed by atoms with E-state index in [1.807, 2.05) is 12.1 Å². The molecule has 0 aliphatic heterocycles. The number of hydrogen-bond acceptors (Lipinski definition) is 2. The molecule has 2 N–H and O–H groups in total. The summed E-state index contributed by atoms with van der Waals surface area (Å²) in [5.41, 5.74) is 1.42. The quantitative estimate of drug-likeness (QED) is 0.626. The number of phenolic OH excluding ortho intramolecular Hbond substituents is 1. The van der Waals surface area contributed by atoms with Crippen molar-refractivity contribution in [3.05, 3.63) is 29.8 Å². The lowest BCUT2D eigenvalue weighted by atomic mass is 9.87. The van der Waals surface area contributed by atoms with E-state index in [0.29, 0.717) is 5.75 Å². The topological polar surface area (TPSA) is 57.5 Å². The summed E-state index contributed by atoms with van der Waals surface area (Å²) >= 11 is 0. The standard InChI is InChI=1S/C10H14O.CH2O2/c1-10(2,3)8-4-6-9(11)7-5-8;2-1-3/h4-7,11H,1-3H3;1H,(H,2,3). The highest BCUT2D eigenvalue weighted by atomic mass is 16.3. The lowest BCUT2D eigenvalue weighted by Crippen LogP contribution is -2.10. The van der Waals surface area contributed by atoms with Crippen LogP contribution < -0.4 is 0 Å². The molecule has 0 aliphatic rings. The number of benzene rings is 1. The third-order valence-electron chi connectivity index (χ3n) is 1.73. The van der Waals surface area contributed by atoms with Gasteiger partial charge in [-0.2, -0.15) is 0 Å². The average molecular weight is 196 g/mol. The predicted molar refractivity (Wildman–Crippen MR) is 55.5 cm³/mol. The molecule has 1 aromatic carbocycles. The van der Waals surface area contributed by atoms with Gasteiger partial charge in [-0.3, -0.25) is 4.79 Å². The maximum absolute atomic E-state index is 9.02. The van der Waals surface area contributed by atoms with E-state index >= 15 is 0 Å². The van der Waals surface area contributed by atoms with Gasteiger partial charge in [0.25, 0.3) is 6.47 Å². The molecule has 0 saturated heterocycles. The Hall–Kier alpha value is -1.51. The fourth-order valence-corrected chi connectivity index (χ4v) is 0.961. The van der Waals surface area contributed by atoms with Gasteiger partial charge in [0, 0.05) is 0 Å². The van der Waals surface area contributed by atoms with Crippen molar-refractivity contribution in [2.24, 2.45) is 0 Å². The highest BCUT2D eigenvalue weighted by Crippen LogP contribution is 2.23. The number of aromatic hydroxyl groups is 1. The van der Waals surface area contributed by atoms with Gasteiger partial charge < -0.3 is 10.2 Å². The van der Waals surface area contributed by atoms with Crippen molar-refractivity contribution < 1.29 is 15.0 Å². The second-order valence-electron chi connectivity index (χ2n) is 3.90. The van der Waals surface area contributed by atoms with Crippen LogP contribution in [0.1, 0.15) is 26.3 Å². The van der Waals surface area contributed by atoms with Crippen LogP contribution in [0.25, 0.3) is 0 Å². The molecule has 0 radical (unpaired) electrons. The van der Waals surface area contributed by atoms with Crippen LogP contribution in [-0.2, 0) is 10.2 Å². The summed E-state index contributed by atoms with van der Waals surface area (Å²) in [4.78, 5) is 8.36. The van der Waals surface area contributed by atoms with Gasteiger partial charge >= 0.3 is 0 Å². The van der Waals surface area contributed by atoms with Crippen LogP contribution in [0.4, 0.5) is 0 Å². The van der Waals surface area contributed by atoms with Gasteiger partial charge in [0.1, 0.15) is 5.75 Å². The Labute approximate surface area is 84.0 Å². The van der Waals surface area contributed by atoms with E-state index in [9.17, 15) is 0 Å². The highest BCUT2D eigenvalue weighted by molar-refractivity contribution is 5.32. The Morgan fingerprint density at radius 3 is 1.79 bits per heavy atom. The summed E-state index contributed by atoms with van der Waals surface area (Å²) in [6.07, 6.45) is 0. The third kappa shape index (κ3) is 4.50. The van der Waals surface area contributed by atoms with Crippen molar-refractivity contribution >= 4 is 6.47 Å². The van der Waals surface area contributed by atoms with E-state index in [0.717, 1.165) is 0 Å². The number of carboxylic acid groups (broad SMARTS) is 1. The summed E-state index contributed by atoms with van der Waals surface area (Å²) in [5.74, 6) is 0.331. The van der Waals surface area contributed by atoms with E-state index < -0.39 is 0 Å². The molecule has 3 heteroatoms. The van der Waals surface area contributed by atoms with Gasteiger partial charge in [0.2, 0.25) is 0 Å². The number of carbonyl (C=O) groups is 1. The van der Waals surface area contributed by atoms with Crippen LogP contribution in [0, 0.1) is 0 Å². The van der Waals surface area contributed by atoms with Gasteiger partial charge in [-0.15, -0.1) is 0 Å². The molecule has 0 aromatic heterocycles. The molecule has 0 spiro atoms. The Kier molecular flexibility index (Phi) is 4.70. The van der Waals surface area contributed by atoms with Crippen LogP contribution >= 0.6 is 0 Å². The molecule has 0 fully saturated rings. The van der Waals surface area contributed by atoms with Crippen LogP contribution in [0.15, 0.2) is 24.3 Å². The molecule has 0 heterocycles. The molecule has 0 unspecified atom stereocenters. The van der Waals surface area contributed by atoms with Gasteiger partial charge in [-0.25, -0.2) is 0 Å². The number of phenols is 1. The monoisotopic (exact) mass is 196 g/mol. The molecule has 0 amide bonds. The minimum atomic E-state index is -0.250. The minimum Gasteiger partial charge on any atom is -0.508 e. The molecule has 1 aromatic rings. The summed E-state index contributed by atoms with van der Waals surface area (Å²) in [6, 6.07) is 7.35. The third-order valence-corrected chi connectivity index (χ3v) is 1.73. The van der Waals surface area contributed by atoms with Crippen molar-refractivity contribution in [2.45, 2.75) is 26.2 Å². The molecule has 1 rings (SSSR count). The van der Waals surface area contributed by atoms with Gasteiger partial charge in [0.05, 0.1) is 0 Å². The Bertz CT molecular complexity index is 270. The van der Waals surface area contributed by atoms with E-state index in [4.69, 9.17) is 15.0 Å². The molecule has 0 atom stereocenters. The SMILES string of the molecule is CC(C)(C)c1ccc(O)cc1.O=CO. The largest absolute Gasteiger partial charge is 0.508 e. The Morgan fingerprint density at radius 2 is 1.50 bits per heavy atom. The molecule has 0 saturated carbocycles. The molecular weight excluding hydrogens is 180 g/mol. The average Bonchev–Trinajstić information content (AvgIpc) is 2.04. The van der Waals surface area contributed by atoms with Gasteiger partial charge in [0.15, 0.2) is 0 Å². The molecule has 0 bridgehead atoms. The van der Waals surface area contributed by atoms with Crippen molar-refractivity contribution in [3.63, 3.8) is 0 Å². The first kappa shape index (κ1) is 12.5. The summed E-state index contributed by atoms with van der Waals surface area (Å²) < 4.78 is 0. The Balaban J connectivity index is 0.000000500. The first-order valence-corrected chi connectivity index (χ1v) is 4.29. The summed E-state index contributed by atoms with van der Waals surface area (Å²) in [5, 5.41) is 15.9. The van der Waals surface area contributed by atoms with Crippen molar-refractivity contribution in [1.82, 2.24) is 0 Å². The van der Waals surface area contributed by atoms with Crippen LogP contribution in [-0.4, -0.2) is 16.7 Å². The summed E-state index contributed by atoms with van der Waals surface area (Å²) in [6.45, 7) is 6.21. The Morgan fingerprint density at radius 1 is 1.14 bits per heavy atom. The van der Waals surface area contributed by atoms with Gasteiger partial charge in [-0.05, 0) is 23.1 Å². The van der Waals surface area contributed by atoms with Gasteiger partial charge in [-0.1, -0.05) is 32.9 Å². The number of rotatable bonds is 0. The van der Waals surface area contributed by atoms with Crippen molar-refractivity contribution in [3.8, 4) is 5.75 Å². The van der Waals surface area contributed by atoms with Crippen molar-refractivity contribution in [2.75, 3.05) is 0 Å². The smallest absolute Gasteiger partial charge is 0.290 e. The lowest BCUT2D eigenvalue weighted by Gasteiger charge is -2.18. The van der Waals surface area contributed by atoms with Crippen LogP contribution in [0.2, 0.25) is 0 Å². The van der Waals surface area contributed by atoms with Crippen LogP contribution in [0.3, 0.4) is 0 Å². The maximum atomic E-state index is 9.02. The maximum Gasteiger partial charge on any atom is 0.290 e. The molecule has 3 nitrogen and oxygen atoms in total. The second kappa shape index (κ2) is 5.27. The molecular formula is C11H16O3. The van der Waals surface area contributed by atoms with E-state index in [2.05, 4.69) is 20.8 Å². The lowest BCUT2D eigenvalue weighted by molar-refractivity contribution is -0.122. The fourth-order valence-electron chi connectivity index (χ4n) is 0.961. The zero-order chi connectivity index (χ0) is 11.2. The number of hydrogen-bond donors (Lipinski definition) is 2. The second-order valence-corrected chi connectivity index (χ2v) is 3.90. The first-order valence-electron chi connectivity index (χ1n) is 4.29. The molecule has 14 heavy (non-hydrogen) atoms. The normalized spacial score (nSPS) is 9.93. The van der Waals surface area contributed by atoms with E-state index in [-0.39, 0.29) is 11.9 Å². The van der Waals surface area contributed by atoms with E-state index in [1.165, 1.54) is 5.56 Å². The predicted octanol–water partition coefficient (Wildman–Crippen LogP) is 2.39. The molecule has 0 aliphatic carbocycles. The zero-order valence-electron chi connectivity index (χ0n) is 8.69. The van der Waals surface area contributed by atoms with E-state index in [1.54, 1.807) is 12.1 Å². The van der Waals surface area contributed by atoms with Crippen LogP contribution in [0.5, 0.6) is 5.75 Å². The highest BCUT2D eigenvalue weighted by Gasteiger charge is 2.12. The first-order chi connectivity index (χ1) is 6.41. The summed E-state index contributed by atoms with van der Waals surface area (Å²) in [7, 11) is 0. The minimum absolute atomic E-state index is 0.174. The zero-order valence-corrected chi connectivity index (χ0v) is 8.69.